The number of esters is 1. The summed E-state index contributed by atoms with van der Waals surface area (Å²) in [5.74, 6) is -3.70. The molecule has 9 heteroatoms. The van der Waals surface area contributed by atoms with Gasteiger partial charge in [0.05, 0.1) is 23.8 Å². The molecule has 0 aromatic rings. The smallest absolute Gasteiger partial charge is 0.311 e. The second kappa shape index (κ2) is 8.73. The quantitative estimate of drug-likeness (QED) is 0.454. The summed E-state index contributed by atoms with van der Waals surface area (Å²) in [6, 6.07) is 1.96. The van der Waals surface area contributed by atoms with Crippen LogP contribution in [0.5, 0.6) is 0 Å². The fourth-order valence-electron chi connectivity index (χ4n) is 9.43. The van der Waals surface area contributed by atoms with E-state index in [-0.39, 0.29) is 41.4 Å². The van der Waals surface area contributed by atoms with Crippen molar-refractivity contribution in [1.82, 2.24) is 0 Å². The molecule has 40 heavy (non-hydrogen) atoms. The lowest BCUT2D eigenvalue weighted by Gasteiger charge is -2.63. The summed E-state index contributed by atoms with van der Waals surface area (Å²) >= 11 is 0.768. The van der Waals surface area contributed by atoms with Crippen LogP contribution in [0.2, 0.25) is 0 Å². The van der Waals surface area contributed by atoms with E-state index in [2.05, 4.69) is 0 Å². The topological polar surface area (TPSA) is 104 Å². The molecule has 0 aromatic heterocycles. The maximum Gasteiger partial charge on any atom is 0.311 e. The minimum atomic E-state index is -2.30. The molecule has 218 valence electrons. The van der Waals surface area contributed by atoms with Crippen molar-refractivity contribution < 1.29 is 33.0 Å². The summed E-state index contributed by atoms with van der Waals surface area (Å²) in [5.41, 5.74) is -7.47. The predicted molar refractivity (Wildman–Crippen MR) is 146 cm³/mol. The molecule has 5 rings (SSSR count). The standard InChI is InChI=1S/C31H39F2NO5S/c1-16-12-18-19-14-21(32)20-13-17(35)8-9-28(20,6)30(19,33)22(36)15-29(18,7)31(16,25(38)40-11-10-34)39-24(37)23-26(2,3)27(23,4)5/h8-9,13,16,18-19,21-23,36H,11-12,14-15H2,1-7H3/t16-,18+,19+,21+,22+,28+,29+,30+,31-/m1/s1. The Balaban J connectivity index is 1.62. The van der Waals surface area contributed by atoms with Gasteiger partial charge in [0.25, 0.3) is 0 Å². The minimum absolute atomic E-state index is 0.0315. The van der Waals surface area contributed by atoms with Crippen molar-refractivity contribution in [2.75, 3.05) is 5.75 Å². The van der Waals surface area contributed by atoms with Gasteiger partial charge in [0, 0.05) is 22.7 Å². The SMILES string of the molecule is C[C@@H]1C[C@H]2[C@@H]3C[C@H](F)C4=CC(=O)C=C[C@]4(C)[C@@]3(F)[C@@H](O)C[C@]2(C)[C@]1(OC(=O)C1C(C)(C)C1(C)C)C(=O)SCC#N. The molecular weight excluding hydrogens is 536 g/mol. The molecule has 0 bridgehead atoms. The summed E-state index contributed by atoms with van der Waals surface area (Å²) in [6.45, 7) is 13.0. The van der Waals surface area contributed by atoms with E-state index in [4.69, 9.17) is 4.74 Å². The average molecular weight is 576 g/mol. The van der Waals surface area contributed by atoms with Gasteiger partial charge in [-0.05, 0) is 60.7 Å². The van der Waals surface area contributed by atoms with Gasteiger partial charge in [-0.1, -0.05) is 59.4 Å². The zero-order valence-electron chi connectivity index (χ0n) is 24.2. The van der Waals surface area contributed by atoms with Gasteiger partial charge in [-0.25, -0.2) is 8.78 Å². The van der Waals surface area contributed by atoms with Gasteiger partial charge in [-0.2, -0.15) is 5.26 Å². The summed E-state index contributed by atoms with van der Waals surface area (Å²) in [7, 11) is 0. The number of hydrogen-bond acceptors (Lipinski definition) is 7. The lowest BCUT2D eigenvalue weighted by Crippen LogP contribution is -2.70. The normalized spacial score (nSPS) is 46.4. The molecule has 4 saturated carbocycles. The fraction of sp³-hybridized carbons (Fsp3) is 0.742. The van der Waals surface area contributed by atoms with Crippen molar-refractivity contribution >= 4 is 28.6 Å². The van der Waals surface area contributed by atoms with Crippen LogP contribution in [0.15, 0.2) is 23.8 Å². The van der Waals surface area contributed by atoms with E-state index >= 15 is 8.78 Å². The molecule has 0 aromatic carbocycles. The van der Waals surface area contributed by atoms with E-state index in [1.807, 2.05) is 33.8 Å². The van der Waals surface area contributed by atoms with E-state index in [0.29, 0.717) is 0 Å². The van der Waals surface area contributed by atoms with Gasteiger partial charge < -0.3 is 9.84 Å². The highest BCUT2D eigenvalue weighted by Gasteiger charge is 2.79. The third-order valence-corrected chi connectivity index (χ3v) is 13.1. The lowest BCUT2D eigenvalue weighted by molar-refractivity contribution is -0.229. The number of aliphatic hydroxyl groups is 1. The van der Waals surface area contributed by atoms with Crippen LogP contribution in [0.3, 0.4) is 0 Å². The summed E-state index contributed by atoms with van der Waals surface area (Å²) in [4.78, 5) is 40.0. The Bertz CT molecular complexity index is 1270. The second-order valence-corrected chi connectivity index (χ2v) is 15.2. The second-order valence-electron chi connectivity index (χ2n) is 14.3. The first-order valence-corrected chi connectivity index (χ1v) is 15.1. The lowest BCUT2D eigenvalue weighted by atomic mass is 9.44. The number of nitrogens with zero attached hydrogens (tertiary/aromatic N) is 1. The minimum Gasteiger partial charge on any atom is -0.449 e. The number of aliphatic hydroxyl groups excluding tert-OH is 1. The van der Waals surface area contributed by atoms with Crippen molar-refractivity contribution in [2.45, 2.75) is 91.3 Å². The first-order valence-electron chi connectivity index (χ1n) is 14.1. The van der Waals surface area contributed by atoms with Crippen LogP contribution in [-0.4, -0.2) is 51.3 Å². The number of ether oxygens (including phenoxy) is 1. The van der Waals surface area contributed by atoms with Crippen molar-refractivity contribution in [3.05, 3.63) is 23.8 Å². The number of alkyl halides is 2. The van der Waals surface area contributed by atoms with Gasteiger partial charge in [0.1, 0.15) is 6.17 Å². The molecule has 6 nitrogen and oxygen atoms in total. The number of thioether (sulfide) groups is 1. The Morgan fingerprint density at radius 3 is 2.35 bits per heavy atom. The number of nitriles is 1. The number of carbonyl (C=O) groups excluding carboxylic acids is 3. The van der Waals surface area contributed by atoms with Crippen molar-refractivity contribution in [1.29, 1.82) is 5.26 Å². The highest BCUT2D eigenvalue weighted by atomic mass is 32.2. The van der Waals surface area contributed by atoms with Crippen LogP contribution in [0, 0.1) is 56.7 Å². The van der Waals surface area contributed by atoms with Crippen molar-refractivity contribution in [3.8, 4) is 6.07 Å². The molecule has 0 heterocycles. The number of fused-ring (bicyclic) bond motifs is 5. The fourth-order valence-corrected chi connectivity index (χ4v) is 10.3. The summed E-state index contributed by atoms with van der Waals surface area (Å²) in [6.07, 6.45) is 0.364. The number of halogens is 2. The Morgan fingerprint density at radius 2 is 1.77 bits per heavy atom. The maximum atomic E-state index is 17.6. The number of allylic oxidation sites excluding steroid dienone is 4. The Labute approximate surface area is 239 Å². The molecule has 0 spiro atoms. The van der Waals surface area contributed by atoms with E-state index in [9.17, 15) is 24.8 Å². The number of rotatable bonds is 4. The number of hydrogen-bond donors (Lipinski definition) is 1. The average Bonchev–Trinajstić information content (AvgIpc) is 3.17. The zero-order chi connectivity index (χ0) is 29.8. The molecule has 0 amide bonds. The monoisotopic (exact) mass is 575 g/mol. The number of carbonyl (C=O) groups is 3. The number of ketones is 1. The van der Waals surface area contributed by atoms with Gasteiger partial charge in [0.2, 0.25) is 5.12 Å². The van der Waals surface area contributed by atoms with Gasteiger partial charge >= 0.3 is 5.97 Å². The highest BCUT2D eigenvalue weighted by molar-refractivity contribution is 8.14. The molecule has 4 fully saturated rings. The third-order valence-electron chi connectivity index (χ3n) is 12.3. The van der Waals surface area contributed by atoms with Crippen LogP contribution in [0.1, 0.15) is 67.7 Å². The Morgan fingerprint density at radius 1 is 1.15 bits per heavy atom. The van der Waals surface area contributed by atoms with Crippen LogP contribution in [0.4, 0.5) is 8.78 Å². The predicted octanol–water partition coefficient (Wildman–Crippen LogP) is 5.30. The summed E-state index contributed by atoms with van der Waals surface area (Å²) in [5, 5.41) is 20.4. The van der Waals surface area contributed by atoms with Crippen LogP contribution < -0.4 is 0 Å². The Kier molecular flexibility index (Phi) is 6.43. The van der Waals surface area contributed by atoms with Gasteiger partial charge in [0.15, 0.2) is 17.1 Å². The van der Waals surface area contributed by atoms with E-state index in [1.54, 1.807) is 13.8 Å². The van der Waals surface area contributed by atoms with Gasteiger partial charge in [-0.15, -0.1) is 0 Å². The molecule has 0 saturated heterocycles. The van der Waals surface area contributed by atoms with E-state index < -0.39 is 74.9 Å². The molecule has 0 aliphatic heterocycles. The first kappa shape index (κ1) is 29.4. The van der Waals surface area contributed by atoms with E-state index in [0.717, 1.165) is 17.8 Å². The van der Waals surface area contributed by atoms with Gasteiger partial charge in [-0.3, -0.25) is 14.4 Å². The van der Waals surface area contributed by atoms with Crippen LogP contribution in [-0.2, 0) is 19.1 Å². The van der Waals surface area contributed by atoms with Crippen LogP contribution in [0.25, 0.3) is 0 Å². The molecule has 0 radical (unpaired) electrons. The van der Waals surface area contributed by atoms with E-state index in [1.165, 1.54) is 19.1 Å². The largest absolute Gasteiger partial charge is 0.449 e. The van der Waals surface area contributed by atoms with Crippen molar-refractivity contribution in [3.63, 3.8) is 0 Å². The molecular formula is C31H39F2NO5S. The molecule has 5 aliphatic carbocycles. The first-order chi connectivity index (χ1) is 18.4. The van der Waals surface area contributed by atoms with Crippen molar-refractivity contribution in [2.24, 2.45) is 45.3 Å². The zero-order valence-corrected chi connectivity index (χ0v) is 25.0. The third kappa shape index (κ3) is 3.32. The summed E-state index contributed by atoms with van der Waals surface area (Å²) < 4.78 is 39.7. The molecule has 9 atom stereocenters. The maximum absolute atomic E-state index is 17.6. The van der Waals surface area contributed by atoms with Crippen LogP contribution >= 0.6 is 11.8 Å². The molecule has 0 unspecified atom stereocenters. The molecule has 5 aliphatic rings. The Hall–Kier alpha value is -2.05. The highest BCUT2D eigenvalue weighted by Crippen LogP contribution is 2.73. The molecule has 1 N–H and O–H groups in total.